The molecule has 19 heavy (non-hydrogen) atoms. The van der Waals surface area contributed by atoms with Crippen LogP contribution in [0.5, 0.6) is 0 Å². The Labute approximate surface area is 119 Å². The van der Waals surface area contributed by atoms with E-state index in [1.165, 1.54) is 64.6 Å². The van der Waals surface area contributed by atoms with E-state index in [-0.39, 0.29) is 0 Å². The summed E-state index contributed by atoms with van der Waals surface area (Å²) in [5.74, 6) is 2.83. The molecular formula is C17H33NO. The number of rotatable bonds is 6. The highest BCUT2D eigenvalue weighted by Gasteiger charge is 2.25. The van der Waals surface area contributed by atoms with Crippen molar-refractivity contribution in [3.63, 3.8) is 0 Å². The quantitative estimate of drug-likeness (QED) is 0.722. The Morgan fingerprint density at radius 3 is 2.05 bits per heavy atom. The molecule has 2 heteroatoms. The Balaban J connectivity index is 1.60. The fourth-order valence-corrected chi connectivity index (χ4v) is 3.81. The summed E-state index contributed by atoms with van der Waals surface area (Å²) < 4.78 is 5.57. The SMILES string of the molecule is CCOCC1CCC(CN2CCC(CC)CC2)CC1. The highest BCUT2D eigenvalue weighted by Crippen LogP contribution is 2.30. The molecule has 112 valence electrons. The van der Waals surface area contributed by atoms with Crippen molar-refractivity contribution >= 4 is 0 Å². The summed E-state index contributed by atoms with van der Waals surface area (Å²) in [6.07, 6.45) is 9.94. The summed E-state index contributed by atoms with van der Waals surface area (Å²) in [7, 11) is 0. The van der Waals surface area contributed by atoms with E-state index in [9.17, 15) is 0 Å². The van der Waals surface area contributed by atoms with Gasteiger partial charge < -0.3 is 9.64 Å². The van der Waals surface area contributed by atoms with E-state index in [2.05, 4.69) is 18.7 Å². The molecule has 0 unspecified atom stereocenters. The number of piperidine rings is 1. The second kappa shape index (κ2) is 8.26. The number of likely N-dealkylation sites (tertiary alicyclic amines) is 1. The highest BCUT2D eigenvalue weighted by atomic mass is 16.5. The van der Waals surface area contributed by atoms with E-state index in [1.807, 2.05) is 0 Å². The average molecular weight is 267 g/mol. The average Bonchev–Trinajstić information content (AvgIpc) is 2.47. The third-order valence-electron chi connectivity index (χ3n) is 5.32. The van der Waals surface area contributed by atoms with E-state index < -0.39 is 0 Å². The van der Waals surface area contributed by atoms with Crippen molar-refractivity contribution in [2.75, 3.05) is 32.8 Å². The molecule has 0 aromatic carbocycles. The molecule has 1 aliphatic heterocycles. The van der Waals surface area contributed by atoms with E-state index in [1.54, 1.807) is 0 Å². The first-order valence-corrected chi connectivity index (χ1v) is 8.61. The van der Waals surface area contributed by atoms with Gasteiger partial charge in [-0.2, -0.15) is 0 Å². The van der Waals surface area contributed by atoms with Crippen LogP contribution in [0.25, 0.3) is 0 Å². The zero-order valence-corrected chi connectivity index (χ0v) is 13.1. The molecule has 2 aliphatic rings. The third kappa shape index (κ3) is 5.07. The summed E-state index contributed by atoms with van der Waals surface area (Å²) in [6.45, 7) is 10.4. The fraction of sp³-hybridized carbons (Fsp3) is 1.00. The standard InChI is InChI=1S/C17H33NO/c1-3-15-9-11-18(12-10-15)13-16-5-7-17(8-6-16)14-19-4-2/h15-17H,3-14H2,1-2H3. The maximum Gasteiger partial charge on any atom is 0.0494 e. The molecule has 0 atom stereocenters. The molecule has 1 heterocycles. The Morgan fingerprint density at radius 1 is 0.842 bits per heavy atom. The lowest BCUT2D eigenvalue weighted by Gasteiger charge is -2.36. The molecule has 0 radical (unpaired) electrons. The molecule has 2 nitrogen and oxygen atoms in total. The minimum atomic E-state index is 0.849. The lowest BCUT2D eigenvalue weighted by Crippen LogP contribution is -2.38. The predicted octanol–water partition coefficient (Wildman–Crippen LogP) is 3.95. The predicted molar refractivity (Wildman–Crippen MR) is 81.4 cm³/mol. The topological polar surface area (TPSA) is 12.5 Å². The molecule has 2 rings (SSSR count). The molecule has 1 saturated heterocycles. The number of hydrogen-bond donors (Lipinski definition) is 0. The van der Waals surface area contributed by atoms with Gasteiger partial charge in [-0.25, -0.2) is 0 Å². The van der Waals surface area contributed by atoms with Crippen LogP contribution in [0.3, 0.4) is 0 Å². The Bertz CT molecular complexity index is 227. The molecule has 0 amide bonds. The van der Waals surface area contributed by atoms with Gasteiger partial charge in [0.1, 0.15) is 0 Å². The maximum atomic E-state index is 5.57. The monoisotopic (exact) mass is 267 g/mol. The molecule has 0 bridgehead atoms. The van der Waals surface area contributed by atoms with Crippen molar-refractivity contribution < 1.29 is 4.74 Å². The van der Waals surface area contributed by atoms with Crippen LogP contribution in [-0.2, 0) is 4.74 Å². The van der Waals surface area contributed by atoms with Gasteiger partial charge in [0.2, 0.25) is 0 Å². The van der Waals surface area contributed by atoms with Gasteiger partial charge in [-0.05, 0) is 76.3 Å². The Hall–Kier alpha value is -0.0800. The van der Waals surface area contributed by atoms with Gasteiger partial charge in [0.15, 0.2) is 0 Å². The van der Waals surface area contributed by atoms with Crippen molar-refractivity contribution in [1.29, 1.82) is 0 Å². The second-order valence-corrected chi connectivity index (χ2v) is 6.70. The van der Waals surface area contributed by atoms with Gasteiger partial charge >= 0.3 is 0 Å². The molecular weight excluding hydrogens is 234 g/mol. The summed E-state index contributed by atoms with van der Waals surface area (Å²) in [5.41, 5.74) is 0. The number of hydrogen-bond acceptors (Lipinski definition) is 2. The molecule has 1 aliphatic carbocycles. The second-order valence-electron chi connectivity index (χ2n) is 6.70. The molecule has 0 spiro atoms. The molecule has 0 aromatic rings. The molecule has 0 N–H and O–H groups in total. The zero-order valence-electron chi connectivity index (χ0n) is 13.1. The van der Waals surface area contributed by atoms with Crippen molar-refractivity contribution in [1.82, 2.24) is 4.90 Å². The number of nitrogens with zero attached hydrogens (tertiary/aromatic N) is 1. The number of ether oxygens (including phenoxy) is 1. The van der Waals surface area contributed by atoms with Gasteiger partial charge in [0, 0.05) is 19.8 Å². The summed E-state index contributed by atoms with van der Waals surface area (Å²) in [5, 5.41) is 0. The van der Waals surface area contributed by atoms with Gasteiger partial charge in [-0.15, -0.1) is 0 Å². The smallest absolute Gasteiger partial charge is 0.0494 e. The highest BCUT2D eigenvalue weighted by molar-refractivity contribution is 4.78. The van der Waals surface area contributed by atoms with Crippen molar-refractivity contribution in [2.24, 2.45) is 17.8 Å². The summed E-state index contributed by atoms with van der Waals surface area (Å²) in [4.78, 5) is 2.74. The summed E-state index contributed by atoms with van der Waals surface area (Å²) >= 11 is 0. The summed E-state index contributed by atoms with van der Waals surface area (Å²) in [6, 6.07) is 0. The van der Waals surface area contributed by atoms with Gasteiger partial charge in [-0.1, -0.05) is 13.3 Å². The lowest BCUT2D eigenvalue weighted by atomic mass is 9.81. The van der Waals surface area contributed by atoms with E-state index in [0.717, 1.165) is 31.0 Å². The first kappa shape index (κ1) is 15.3. The van der Waals surface area contributed by atoms with Crippen LogP contribution in [0.2, 0.25) is 0 Å². The molecule has 0 aromatic heterocycles. The third-order valence-corrected chi connectivity index (χ3v) is 5.32. The minimum absolute atomic E-state index is 0.849. The maximum absolute atomic E-state index is 5.57. The van der Waals surface area contributed by atoms with Crippen LogP contribution in [0, 0.1) is 17.8 Å². The minimum Gasteiger partial charge on any atom is -0.381 e. The first-order valence-electron chi connectivity index (χ1n) is 8.61. The van der Waals surface area contributed by atoms with Crippen LogP contribution >= 0.6 is 0 Å². The van der Waals surface area contributed by atoms with Crippen LogP contribution in [0.4, 0.5) is 0 Å². The lowest BCUT2D eigenvalue weighted by molar-refractivity contribution is 0.0762. The van der Waals surface area contributed by atoms with Crippen molar-refractivity contribution in [3.8, 4) is 0 Å². The Morgan fingerprint density at radius 2 is 1.47 bits per heavy atom. The van der Waals surface area contributed by atoms with Gasteiger partial charge in [0.25, 0.3) is 0 Å². The van der Waals surface area contributed by atoms with Crippen molar-refractivity contribution in [2.45, 2.75) is 58.8 Å². The Kier molecular flexibility index (Phi) is 6.66. The van der Waals surface area contributed by atoms with Crippen LogP contribution in [-0.4, -0.2) is 37.7 Å². The van der Waals surface area contributed by atoms with Crippen LogP contribution < -0.4 is 0 Å². The van der Waals surface area contributed by atoms with Gasteiger partial charge in [0.05, 0.1) is 0 Å². The van der Waals surface area contributed by atoms with Crippen LogP contribution in [0.15, 0.2) is 0 Å². The molecule has 2 fully saturated rings. The van der Waals surface area contributed by atoms with Crippen LogP contribution in [0.1, 0.15) is 58.8 Å². The van der Waals surface area contributed by atoms with Gasteiger partial charge in [-0.3, -0.25) is 0 Å². The van der Waals surface area contributed by atoms with E-state index >= 15 is 0 Å². The normalized spacial score (nSPS) is 30.6. The largest absolute Gasteiger partial charge is 0.381 e. The van der Waals surface area contributed by atoms with E-state index in [0.29, 0.717) is 0 Å². The van der Waals surface area contributed by atoms with E-state index in [4.69, 9.17) is 4.74 Å². The fourth-order valence-electron chi connectivity index (χ4n) is 3.81. The molecule has 1 saturated carbocycles. The zero-order chi connectivity index (χ0) is 13.5. The van der Waals surface area contributed by atoms with Crippen molar-refractivity contribution in [3.05, 3.63) is 0 Å². The first-order chi connectivity index (χ1) is 9.31.